The van der Waals surface area contributed by atoms with Gasteiger partial charge in [-0.2, -0.15) is 0 Å². The summed E-state index contributed by atoms with van der Waals surface area (Å²) in [5, 5.41) is 21.9. The first kappa shape index (κ1) is 12.0. The molecule has 0 aliphatic heterocycles. The van der Waals surface area contributed by atoms with E-state index in [2.05, 4.69) is 12.2 Å². The van der Waals surface area contributed by atoms with Crippen molar-refractivity contribution in [3.8, 4) is 0 Å². The highest BCUT2D eigenvalue weighted by molar-refractivity contribution is 4.82. The van der Waals surface area contributed by atoms with Crippen molar-refractivity contribution in [2.75, 3.05) is 6.61 Å². The maximum atomic E-state index is 9.73. The van der Waals surface area contributed by atoms with Crippen molar-refractivity contribution >= 4 is 0 Å². The number of aliphatic hydroxyl groups excluding tert-OH is 2. The fourth-order valence-corrected chi connectivity index (χ4v) is 2.15. The predicted molar refractivity (Wildman–Crippen MR) is 57.2 cm³/mol. The van der Waals surface area contributed by atoms with Gasteiger partial charge in [0.05, 0.1) is 6.10 Å². The zero-order chi connectivity index (χ0) is 10.4. The number of rotatable bonds is 5. The van der Waals surface area contributed by atoms with Gasteiger partial charge in [0, 0.05) is 18.7 Å². The summed E-state index contributed by atoms with van der Waals surface area (Å²) in [6, 6.07) is 0.678. The van der Waals surface area contributed by atoms with Gasteiger partial charge in [-0.1, -0.05) is 12.8 Å². The van der Waals surface area contributed by atoms with Crippen LogP contribution in [0, 0.1) is 0 Å². The Bertz CT molecular complexity index is 152. The molecule has 0 spiro atoms. The Kier molecular flexibility index (Phi) is 5.45. The average molecular weight is 201 g/mol. The maximum absolute atomic E-state index is 9.73. The number of aliphatic hydroxyl groups is 2. The van der Waals surface area contributed by atoms with Gasteiger partial charge in [0.25, 0.3) is 0 Å². The first-order valence-electron chi connectivity index (χ1n) is 5.79. The van der Waals surface area contributed by atoms with Gasteiger partial charge in [0.1, 0.15) is 0 Å². The average Bonchev–Trinajstić information content (AvgIpc) is 2.18. The van der Waals surface area contributed by atoms with Crippen molar-refractivity contribution in [3.63, 3.8) is 0 Å². The molecule has 3 N–H and O–H groups in total. The van der Waals surface area contributed by atoms with Gasteiger partial charge in [-0.05, 0) is 32.6 Å². The van der Waals surface area contributed by atoms with E-state index in [0.717, 1.165) is 32.1 Å². The third kappa shape index (κ3) is 3.95. The topological polar surface area (TPSA) is 52.5 Å². The molecule has 1 unspecified atom stereocenters. The molecule has 14 heavy (non-hydrogen) atoms. The maximum Gasteiger partial charge on any atom is 0.0693 e. The summed E-state index contributed by atoms with van der Waals surface area (Å²) in [6.07, 6.45) is 6.07. The second-order valence-corrected chi connectivity index (χ2v) is 4.39. The fraction of sp³-hybridized carbons (Fsp3) is 1.00. The van der Waals surface area contributed by atoms with Crippen LogP contribution in [0.5, 0.6) is 0 Å². The molecule has 0 amide bonds. The van der Waals surface area contributed by atoms with Crippen LogP contribution in [0.25, 0.3) is 0 Å². The normalized spacial score (nSPS) is 30.2. The molecular weight excluding hydrogens is 178 g/mol. The number of nitrogens with one attached hydrogen (secondary N) is 1. The Hall–Kier alpha value is -0.120. The molecule has 0 aromatic rings. The van der Waals surface area contributed by atoms with E-state index in [1.165, 1.54) is 6.42 Å². The Morgan fingerprint density at radius 2 is 2.07 bits per heavy atom. The van der Waals surface area contributed by atoms with E-state index in [9.17, 15) is 5.11 Å². The summed E-state index contributed by atoms with van der Waals surface area (Å²) in [7, 11) is 0. The fourth-order valence-electron chi connectivity index (χ4n) is 2.15. The van der Waals surface area contributed by atoms with Crippen molar-refractivity contribution in [1.29, 1.82) is 0 Å². The molecule has 1 aliphatic rings. The van der Waals surface area contributed by atoms with Crippen LogP contribution >= 0.6 is 0 Å². The van der Waals surface area contributed by atoms with E-state index in [4.69, 9.17) is 5.11 Å². The van der Waals surface area contributed by atoms with E-state index >= 15 is 0 Å². The molecule has 0 heterocycles. The highest BCUT2D eigenvalue weighted by atomic mass is 16.3. The molecule has 0 bridgehead atoms. The van der Waals surface area contributed by atoms with Crippen molar-refractivity contribution in [2.24, 2.45) is 0 Å². The predicted octanol–water partition coefficient (Wildman–Crippen LogP) is 1.04. The zero-order valence-electron chi connectivity index (χ0n) is 9.08. The van der Waals surface area contributed by atoms with Crippen LogP contribution in [0.1, 0.15) is 45.4 Å². The molecule has 0 radical (unpaired) electrons. The molecule has 84 valence electrons. The summed E-state index contributed by atoms with van der Waals surface area (Å²) in [6.45, 7) is 2.39. The van der Waals surface area contributed by atoms with E-state index < -0.39 is 0 Å². The Balaban J connectivity index is 2.20. The second kappa shape index (κ2) is 6.38. The molecule has 1 rings (SSSR count). The molecule has 1 aliphatic carbocycles. The van der Waals surface area contributed by atoms with Crippen molar-refractivity contribution < 1.29 is 10.2 Å². The minimum absolute atomic E-state index is 0.166. The van der Waals surface area contributed by atoms with E-state index in [1.54, 1.807) is 0 Å². The van der Waals surface area contributed by atoms with Gasteiger partial charge in [-0.15, -0.1) is 0 Å². The Morgan fingerprint density at radius 3 is 2.71 bits per heavy atom. The van der Waals surface area contributed by atoms with Crippen molar-refractivity contribution in [2.45, 2.75) is 63.6 Å². The van der Waals surface area contributed by atoms with Gasteiger partial charge in [-0.25, -0.2) is 0 Å². The highest BCUT2D eigenvalue weighted by Gasteiger charge is 2.23. The van der Waals surface area contributed by atoms with Gasteiger partial charge >= 0.3 is 0 Å². The lowest BCUT2D eigenvalue weighted by Crippen LogP contribution is -2.46. The van der Waals surface area contributed by atoms with Gasteiger partial charge < -0.3 is 15.5 Å². The van der Waals surface area contributed by atoms with Crippen LogP contribution in [0.2, 0.25) is 0 Å². The quantitative estimate of drug-likeness (QED) is 0.623. The molecule has 3 heteroatoms. The highest BCUT2D eigenvalue weighted by Crippen LogP contribution is 2.19. The minimum Gasteiger partial charge on any atom is -0.396 e. The molecule has 1 saturated carbocycles. The second-order valence-electron chi connectivity index (χ2n) is 4.39. The standard InChI is InChI=1S/C11H23NO2/c1-9(5-4-8-13)12-10-6-2-3-7-11(10)14/h9-14H,2-8H2,1H3/t9?,10-,11-/m0/s1. The first-order chi connectivity index (χ1) is 6.74. The van der Waals surface area contributed by atoms with Crippen LogP contribution in [0.4, 0.5) is 0 Å². The molecule has 0 aromatic carbocycles. The van der Waals surface area contributed by atoms with Crippen LogP contribution < -0.4 is 5.32 Å². The number of hydrogen-bond donors (Lipinski definition) is 3. The summed E-state index contributed by atoms with van der Waals surface area (Å²) < 4.78 is 0. The lowest BCUT2D eigenvalue weighted by Gasteiger charge is -2.31. The van der Waals surface area contributed by atoms with Crippen LogP contribution in [-0.2, 0) is 0 Å². The molecule has 1 fully saturated rings. The lowest BCUT2D eigenvalue weighted by molar-refractivity contribution is 0.0848. The monoisotopic (exact) mass is 201 g/mol. The summed E-state index contributed by atoms with van der Waals surface area (Å²) in [5.74, 6) is 0. The Labute approximate surface area is 86.5 Å². The summed E-state index contributed by atoms with van der Waals surface area (Å²) in [4.78, 5) is 0. The van der Waals surface area contributed by atoms with Crippen LogP contribution in [0.15, 0.2) is 0 Å². The van der Waals surface area contributed by atoms with Crippen molar-refractivity contribution in [1.82, 2.24) is 5.32 Å². The van der Waals surface area contributed by atoms with Crippen LogP contribution in [-0.4, -0.2) is 35.0 Å². The zero-order valence-corrected chi connectivity index (χ0v) is 9.08. The first-order valence-corrected chi connectivity index (χ1v) is 5.79. The molecule has 0 saturated heterocycles. The van der Waals surface area contributed by atoms with E-state index in [-0.39, 0.29) is 18.8 Å². The van der Waals surface area contributed by atoms with Gasteiger partial charge in [-0.3, -0.25) is 0 Å². The van der Waals surface area contributed by atoms with Crippen LogP contribution in [0.3, 0.4) is 0 Å². The van der Waals surface area contributed by atoms with Gasteiger partial charge in [0.15, 0.2) is 0 Å². The van der Waals surface area contributed by atoms with E-state index in [1.807, 2.05) is 0 Å². The summed E-state index contributed by atoms with van der Waals surface area (Å²) >= 11 is 0. The molecule has 3 atom stereocenters. The van der Waals surface area contributed by atoms with Crippen molar-refractivity contribution in [3.05, 3.63) is 0 Å². The molecular formula is C11H23NO2. The van der Waals surface area contributed by atoms with Gasteiger partial charge in [0.2, 0.25) is 0 Å². The Morgan fingerprint density at radius 1 is 1.36 bits per heavy atom. The lowest BCUT2D eigenvalue weighted by atomic mass is 9.92. The van der Waals surface area contributed by atoms with E-state index in [0.29, 0.717) is 6.04 Å². The smallest absolute Gasteiger partial charge is 0.0693 e. The number of hydrogen-bond acceptors (Lipinski definition) is 3. The largest absolute Gasteiger partial charge is 0.396 e. The third-order valence-electron chi connectivity index (χ3n) is 3.02. The SMILES string of the molecule is CC(CCCO)N[C@H]1CCCC[C@@H]1O. The molecule has 0 aromatic heterocycles. The third-order valence-corrected chi connectivity index (χ3v) is 3.02. The molecule has 3 nitrogen and oxygen atoms in total. The minimum atomic E-state index is -0.166. The summed E-state index contributed by atoms with van der Waals surface area (Å²) in [5.41, 5.74) is 0.